The van der Waals surface area contributed by atoms with Crippen molar-refractivity contribution >= 4 is 42.9 Å². The predicted molar refractivity (Wildman–Crippen MR) is 158 cm³/mol. The van der Waals surface area contributed by atoms with Gasteiger partial charge in [-0.05, 0) is 52.8 Å². The van der Waals surface area contributed by atoms with Crippen LogP contribution in [0.2, 0.25) is 0 Å². The Labute approximate surface area is 258 Å². The van der Waals surface area contributed by atoms with Crippen molar-refractivity contribution in [2.45, 2.75) is 70.6 Å². The molecule has 5 rings (SSSR count). The van der Waals surface area contributed by atoms with Crippen LogP contribution in [0.1, 0.15) is 45.4 Å². The van der Waals surface area contributed by atoms with E-state index in [0.717, 1.165) is 6.07 Å². The molecule has 0 aromatic carbocycles. The number of hydrogen-bond acceptors (Lipinski definition) is 7. The number of aryl methyl sites for hydroxylation is 1. The first-order valence-electron chi connectivity index (χ1n) is 12.3. The van der Waals surface area contributed by atoms with Crippen LogP contribution >= 0.6 is 37.2 Å². The van der Waals surface area contributed by atoms with Gasteiger partial charge in [-0.25, -0.2) is 14.4 Å². The van der Waals surface area contributed by atoms with Gasteiger partial charge in [0.05, 0.1) is 11.3 Å². The Morgan fingerprint density at radius 2 is 1.71 bits per heavy atom. The highest BCUT2D eigenvalue weighted by molar-refractivity contribution is 5.86. The Hall–Kier alpha value is -2.93. The van der Waals surface area contributed by atoms with Crippen LogP contribution in [0.15, 0.2) is 42.9 Å². The third-order valence-corrected chi connectivity index (χ3v) is 6.72. The molecule has 8 nitrogen and oxygen atoms in total. The van der Waals surface area contributed by atoms with E-state index in [4.69, 9.17) is 4.74 Å². The lowest BCUT2D eigenvalue weighted by atomic mass is 9.79. The van der Waals surface area contributed by atoms with Crippen LogP contribution in [0.4, 0.5) is 17.6 Å². The molecule has 2 atom stereocenters. The monoisotopic (exact) mass is 652 g/mol. The van der Waals surface area contributed by atoms with Gasteiger partial charge in [0.1, 0.15) is 28.9 Å². The fourth-order valence-corrected chi connectivity index (χ4v) is 5.22. The minimum Gasteiger partial charge on any atom is -0.506 e. The second-order valence-electron chi connectivity index (χ2n) is 11.1. The number of pyridine rings is 2. The molecule has 230 valence electrons. The van der Waals surface area contributed by atoms with Gasteiger partial charge in [0.25, 0.3) is 0 Å². The van der Waals surface area contributed by atoms with Crippen molar-refractivity contribution in [3.63, 3.8) is 0 Å². The molecule has 42 heavy (non-hydrogen) atoms. The van der Waals surface area contributed by atoms with Gasteiger partial charge < -0.3 is 19.6 Å². The molecule has 1 aliphatic rings. The normalized spacial score (nSPS) is 19.3. The molecule has 4 aromatic heterocycles. The first-order chi connectivity index (χ1) is 18.1. The van der Waals surface area contributed by atoms with E-state index in [0.29, 0.717) is 12.1 Å². The molecule has 1 fully saturated rings. The molecule has 1 saturated heterocycles. The molecule has 0 aliphatic carbocycles. The molecule has 1 aliphatic heterocycles. The van der Waals surface area contributed by atoms with Crippen molar-refractivity contribution in [1.29, 1.82) is 0 Å². The Morgan fingerprint density at radius 3 is 2.31 bits per heavy atom. The molecule has 0 unspecified atom stereocenters. The topological polar surface area (TPSA) is 97.5 Å². The van der Waals surface area contributed by atoms with Gasteiger partial charge in [0.15, 0.2) is 6.17 Å². The number of alkyl halides is 4. The highest BCUT2D eigenvalue weighted by Crippen LogP contribution is 2.37. The van der Waals surface area contributed by atoms with Crippen LogP contribution in [0, 0.1) is 6.92 Å². The smallest absolute Gasteiger partial charge is 0.420 e. The van der Waals surface area contributed by atoms with Crippen molar-refractivity contribution in [2.24, 2.45) is 0 Å². The largest absolute Gasteiger partial charge is 0.506 e. The van der Waals surface area contributed by atoms with Crippen molar-refractivity contribution in [1.82, 2.24) is 29.9 Å². The summed E-state index contributed by atoms with van der Waals surface area (Å²) in [4.78, 5) is 8.21. The fourth-order valence-electron chi connectivity index (χ4n) is 5.22. The first-order valence-corrected chi connectivity index (χ1v) is 12.3. The summed E-state index contributed by atoms with van der Waals surface area (Å²) in [5.74, 6) is -0.170. The highest BCUT2D eigenvalue weighted by atomic mass is 35.5. The molecule has 4 aromatic rings. The van der Waals surface area contributed by atoms with Gasteiger partial charge in [-0.15, -0.1) is 47.4 Å². The quantitative estimate of drug-likeness (QED) is 0.234. The molecule has 0 bridgehead atoms. The number of piperidine rings is 1. The molecule has 2 N–H and O–H groups in total. The van der Waals surface area contributed by atoms with Gasteiger partial charge in [-0.2, -0.15) is 13.2 Å². The second-order valence-corrected chi connectivity index (χ2v) is 11.1. The average molecular weight is 654 g/mol. The van der Waals surface area contributed by atoms with Crippen LogP contribution in [0.5, 0.6) is 11.6 Å². The number of aromatic hydroxyl groups is 1. The second kappa shape index (κ2) is 12.4. The lowest BCUT2D eigenvalue weighted by Gasteiger charge is -2.48. The maximum atomic E-state index is 15.1. The first kappa shape index (κ1) is 35.3. The molecule has 0 radical (unpaired) electrons. The van der Waals surface area contributed by atoms with Crippen molar-refractivity contribution < 1.29 is 27.4 Å². The number of rotatable bonds is 4. The Bertz CT molecular complexity index is 1550. The molecule has 15 heteroatoms. The number of aromatic nitrogens is 5. The van der Waals surface area contributed by atoms with Gasteiger partial charge in [0, 0.05) is 53.3 Å². The fraction of sp³-hybridized carbons (Fsp3) is 0.407. The number of halogens is 7. The summed E-state index contributed by atoms with van der Waals surface area (Å²) in [5, 5.41) is 22.1. The lowest BCUT2D eigenvalue weighted by molar-refractivity contribution is -0.136. The van der Waals surface area contributed by atoms with Crippen molar-refractivity contribution in [3.8, 4) is 34.1 Å². The van der Waals surface area contributed by atoms with Crippen molar-refractivity contribution in [3.05, 3.63) is 54.1 Å². The SMILES string of the molecule is Cc1cn2cc(-c3cnc(-c4ccc(O[C@@H]5CC(C)(C)NC(C)(C)[C@@H]5F)nn4)c(O)c3)cc(C(F)(F)F)c2n1.Cl.Cl.Cl. The minimum atomic E-state index is -4.62. The van der Waals surface area contributed by atoms with Crippen LogP contribution in [0.3, 0.4) is 0 Å². The summed E-state index contributed by atoms with van der Waals surface area (Å²) in [6.45, 7) is 9.11. The molecule has 0 spiro atoms. The van der Waals surface area contributed by atoms with E-state index in [1.807, 2.05) is 13.8 Å². The number of hydrogen-bond donors (Lipinski definition) is 2. The van der Waals surface area contributed by atoms with Gasteiger partial charge in [-0.1, -0.05) is 0 Å². The van der Waals surface area contributed by atoms with E-state index in [1.54, 1.807) is 20.8 Å². The van der Waals surface area contributed by atoms with Crippen LogP contribution in [0.25, 0.3) is 28.2 Å². The zero-order chi connectivity index (χ0) is 28.3. The van der Waals surface area contributed by atoms with E-state index in [9.17, 15) is 18.3 Å². The molecular formula is C27H31Cl3F4N6O2. The van der Waals surface area contributed by atoms with E-state index in [2.05, 4.69) is 25.5 Å². The number of nitrogens with one attached hydrogen (secondary N) is 1. The third-order valence-electron chi connectivity index (χ3n) is 6.72. The maximum Gasteiger partial charge on any atom is 0.420 e. The van der Waals surface area contributed by atoms with E-state index < -0.39 is 29.6 Å². The van der Waals surface area contributed by atoms with Gasteiger partial charge in [0.2, 0.25) is 5.88 Å². The van der Waals surface area contributed by atoms with E-state index in [1.165, 1.54) is 41.2 Å². The summed E-state index contributed by atoms with van der Waals surface area (Å²) in [6, 6.07) is 5.32. The van der Waals surface area contributed by atoms with Gasteiger partial charge in [-0.3, -0.25) is 0 Å². The number of ether oxygens (including phenoxy) is 1. The van der Waals surface area contributed by atoms with E-state index >= 15 is 4.39 Å². The lowest BCUT2D eigenvalue weighted by Crippen LogP contribution is -2.66. The number of fused-ring (bicyclic) bond motifs is 1. The predicted octanol–water partition coefficient (Wildman–Crippen LogP) is 6.79. The number of nitrogens with zero attached hydrogens (tertiary/aromatic N) is 5. The summed E-state index contributed by atoms with van der Waals surface area (Å²) >= 11 is 0. The standard InChI is InChI=1S/C27H28F4N6O2.3ClH/c1-14-12-37-13-16(8-17(24(37)33-14)27(29,30)31)15-9-19(38)22(32-11-15)18-6-7-21(35-34-18)39-20-10-25(2,3)36-26(4,5)23(20)28;;;/h6-9,11-13,20,23,36,38H,10H2,1-5H3;3*1H/t20-,23-;;;/m1.../s1. The number of imidazole rings is 1. The molecule has 0 saturated carbocycles. The van der Waals surface area contributed by atoms with E-state index in [-0.39, 0.29) is 82.6 Å². The molecule has 5 heterocycles. The summed E-state index contributed by atoms with van der Waals surface area (Å²) in [5.41, 5.74) is -1.03. The molecule has 0 amide bonds. The van der Waals surface area contributed by atoms with Crippen molar-refractivity contribution in [2.75, 3.05) is 0 Å². The zero-order valence-electron chi connectivity index (χ0n) is 23.2. The summed E-state index contributed by atoms with van der Waals surface area (Å²) in [6.07, 6.45) is -1.88. The zero-order valence-corrected chi connectivity index (χ0v) is 25.7. The maximum absolute atomic E-state index is 15.1. The van der Waals surface area contributed by atoms with Crippen LogP contribution in [-0.2, 0) is 6.18 Å². The van der Waals surface area contributed by atoms with Gasteiger partial charge >= 0.3 is 6.18 Å². The molecular weight excluding hydrogens is 623 g/mol. The van der Waals surface area contributed by atoms with Crippen LogP contribution < -0.4 is 10.1 Å². The minimum absolute atomic E-state index is 0. The highest BCUT2D eigenvalue weighted by Gasteiger charge is 2.47. The Balaban J connectivity index is 0.00000205. The van der Waals surface area contributed by atoms with Crippen LogP contribution in [-0.4, -0.2) is 53.0 Å². The Kier molecular flexibility index (Phi) is 10.4. The summed E-state index contributed by atoms with van der Waals surface area (Å²) in [7, 11) is 0. The average Bonchev–Trinajstić information content (AvgIpc) is 3.20. The Morgan fingerprint density at radius 1 is 1.02 bits per heavy atom. The third kappa shape index (κ3) is 6.99. The summed E-state index contributed by atoms with van der Waals surface area (Å²) < 4.78 is 63.3.